The number of hydrogen-bond donors (Lipinski definition) is 1. The molecule has 4 nitrogen and oxygen atoms in total. The van der Waals surface area contributed by atoms with Gasteiger partial charge in [0, 0.05) is 18.4 Å². The van der Waals surface area contributed by atoms with E-state index in [0.29, 0.717) is 0 Å². The molecule has 1 saturated heterocycles. The van der Waals surface area contributed by atoms with Crippen LogP contribution in [0.4, 0.5) is 0 Å². The first-order chi connectivity index (χ1) is 9.18. The molecule has 0 radical (unpaired) electrons. The number of pyridine rings is 1. The van der Waals surface area contributed by atoms with E-state index in [4.69, 9.17) is 0 Å². The zero-order valence-electron chi connectivity index (χ0n) is 11.5. The van der Waals surface area contributed by atoms with E-state index in [-0.39, 0.29) is 12.5 Å². The summed E-state index contributed by atoms with van der Waals surface area (Å²) >= 11 is 0. The molecule has 1 N–H and O–H groups in total. The fraction of sp³-hybridized carbons (Fsp3) is 0.600. The highest BCUT2D eigenvalue weighted by atomic mass is 16.4. The maximum atomic E-state index is 11.2. The van der Waals surface area contributed by atoms with Gasteiger partial charge in [-0.15, -0.1) is 0 Å². The molecule has 1 atom stereocenters. The molecular weight excluding hydrogens is 240 g/mol. The van der Waals surface area contributed by atoms with Crippen molar-refractivity contribution in [1.82, 2.24) is 9.88 Å². The van der Waals surface area contributed by atoms with Crippen LogP contribution in [0.15, 0.2) is 18.5 Å². The molecule has 1 aliphatic heterocycles. The fourth-order valence-electron chi connectivity index (χ4n) is 2.83. The van der Waals surface area contributed by atoms with Crippen LogP contribution in [0.25, 0.3) is 0 Å². The average Bonchev–Trinajstić information content (AvgIpc) is 2.65. The average molecular weight is 262 g/mol. The van der Waals surface area contributed by atoms with Crippen LogP contribution in [-0.2, 0) is 4.79 Å². The van der Waals surface area contributed by atoms with Crippen molar-refractivity contribution in [3.05, 3.63) is 29.6 Å². The molecule has 0 spiro atoms. The predicted octanol–water partition coefficient (Wildman–Crippen LogP) is 2.78. The quantitative estimate of drug-likeness (QED) is 0.906. The molecule has 0 bridgehead atoms. The van der Waals surface area contributed by atoms with Gasteiger partial charge < -0.3 is 5.11 Å². The Kier molecular flexibility index (Phi) is 4.91. The van der Waals surface area contributed by atoms with E-state index in [1.165, 1.54) is 12.8 Å². The van der Waals surface area contributed by atoms with Crippen molar-refractivity contribution in [1.29, 1.82) is 0 Å². The molecule has 2 heterocycles. The molecule has 104 valence electrons. The van der Waals surface area contributed by atoms with E-state index in [0.717, 1.165) is 37.1 Å². The molecule has 1 aliphatic rings. The second-order valence-electron chi connectivity index (χ2n) is 5.30. The fourth-order valence-corrected chi connectivity index (χ4v) is 2.83. The van der Waals surface area contributed by atoms with Gasteiger partial charge >= 0.3 is 5.97 Å². The van der Waals surface area contributed by atoms with Crippen molar-refractivity contribution in [3.8, 4) is 0 Å². The van der Waals surface area contributed by atoms with E-state index < -0.39 is 5.97 Å². The molecule has 1 fully saturated rings. The third-order valence-corrected chi connectivity index (χ3v) is 3.89. The Morgan fingerprint density at radius 2 is 2.05 bits per heavy atom. The number of rotatable bonds is 4. The van der Waals surface area contributed by atoms with Crippen molar-refractivity contribution < 1.29 is 9.90 Å². The van der Waals surface area contributed by atoms with E-state index >= 15 is 0 Å². The number of hydrogen-bond acceptors (Lipinski definition) is 3. The third-order valence-electron chi connectivity index (χ3n) is 3.89. The second kappa shape index (κ2) is 6.66. The Balaban J connectivity index is 2.24. The molecular formula is C15H22N2O2. The number of aryl methyl sites for hydroxylation is 1. The Labute approximate surface area is 114 Å². The number of nitrogens with zero attached hydrogens (tertiary/aromatic N) is 2. The Morgan fingerprint density at radius 1 is 1.37 bits per heavy atom. The van der Waals surface area contributed by atoms with Crippen LogP contribution in [0.5, 0.6) is 0 Å². The number of aromatic nitrogens is 1. The Morgan fingerprint density at radius 3 is 2.63 bits per heavy atom. The monoisotopic (exact) mass is 262 g/mol. The third kappa shape index (κ3) is 3.77. The predicted molar refractivity (Wildman–Crippen MR) is 74.0 cm³/mol. The van der Waals surface area contributed by atoms with Crippen molar-refractivity contribution in [2.75, 3.05) is 13.1 Å². The minimum absolute atomic E-state index is 0.0377. The number of carboxylic acid groups (broad SMARTS) is 1. The van der Waals surface area contributed by atoms with Crippen LogP contribution < -0.4 is 0 Å². The highest BCUT2D eigenvalue weighted by Gasteiger charge is 2.25. The summed E-state index contributed by atoms with van der Waals surface area (Å²) < 4.78 is 0. The zero-order valence-corrected chi connectivity index (χ0v) is 11.5. The van der Waals surface area contributed by atoms with Gasteiger partial charge in [-0.2, -0.15) is 0 Å². The lowest BCUT2D eigenvalue weighted by Crippen LogP contribution is -2.32. The van der Waals surface area contributed by atoms with Gasteiger partial charge in [0.05, 0.1) is 6.42 Å². The number of aliphatic carboxylic acids is 1. The maximum Gasteiger partial charge on any atom is 0.305 e. The summed E-state index contributed by atoms with van der Waals surface area (Å²) in [5.41, 5.74) is 2.19. The summed E-state index contributed by atoms with van der Waals surface area (Å²) in [6, 6.07) is 1.92. The van der Waals surface area contributed by atoms with Crippen LogP contribution in [0.3, 0.4) is 0 Å². The molecule has 1 aromatic rings. The second-order valence-corrected chi connectivity index (χ2v) is 5.30. The summed E-state index contributed by atoms with van der Waals surface area (Å²) in [7, 11) is 0. The van der Waals surface area contributed by atoms with Gasteiger partial charge in [-0.05, 0) is 50.0 Å². The highest BCUT2D eigenvalue weighted by molar-refractivity contribution is 5.68. The van der Waals surface area contributed by atoms with E-state index in [2.05, 4.69) is 9.88 Å². The van der Waals surface area contributed by atoms with Crippen molar-refractivity contribution in [3.63, 3.8) is 0 Å². The van der Waals surface area contributed by atoms with E-state index in [1.54, 1.807) is 6.20 Å². The first-order valence-corrected chi connectivity index (χ1v) is 7.05. The maximum absolute atomic E-state index is 11.2. The zero-order chi connectivity index (χ0) is 13.7. The Bertz CT molecular complexity index is 426. The van der Waals surface area contributed by atoms with Gasteiger partial charge in [0.15, 0.2) is 0 Å². The molecule has 4 heteroatoms. The van der Waals surface area contributed by atoms with Crippen molar-refractivity contribution in [2.45, 2.75) is 45.1 Å². The minimum atomic E-state index is -0.738. The molecule has 1 unspecified atom stereocenters. The molecule has 1 aromatic heterocycles. The van der Waals surface area contributed by atoms with Gasteiger partial charge in [-0.3, -0.25) is 14.7 Å². The molecule has 2 rings (SSSR count). The van der Waals surface area contributed by atoms with Crippen LogP contribution in [0, 0.1) is 6.92 Å². The molecule has 0 amide bonds. The molecule has 19 heavy (non-hydrogen) atoms. The standard InChI is InChI=1S/C15H22N2O2/c1-12-6-7-16-11-13(12)14(10-15(18)19)17-8-4-2-3-5-9-17/h6-7,11,14H,2-5,8-10H2,1H3,(H,18,19). The lowest BCUT2D eigenvalue weighted by Gasteiger charge is -2.30. The lowest BCUT2D eigenvalue weighted by atomic mass is 9.99. The van der Waals surface area contributed by atoms with Gasteiger partial charge in [0.1, 0.15) is 0 Å². The Hall–Kier alpha value is -1.42. The van der Waals surface area contributed by atoms with Gasteiger partial charge in [0.25, 0.3) is 0 Å². The summed E-state index contributed by atoms with van der Waals surface area (Å²) in [5.74, 6) is -0.738. The molecule has 0 aliphatic carbocycles. The number of carbonyl (C=O) groups is 1. The molecule has 0 saturated carbocycles. The highest BCUT2D eigenvalue weighted by Crippen LogP contribution is 2.28. The first kappa shape index (κ1) is 14.0. The smallest absolute Gasteiger partial charge is 0.305 e. The van der Waals surface area contributed by atoms with Crippen LogP contribution in [0.2, 0.25) is 0 Å². The largest absolute Gasteiger partial charge is 0.481 e. The summed E-state index contributed by atoms with van der Waals surface area (Å²) in [6.45, 7) is 4.02. The van der Waals surface area contributed by atoms with Crippen LogP contribution in [-0.4, -0.2) is 34.0 Å². The van der Waals surface area contributed by atoms with Crippen LogP contribution >= 0.6 is 0 Å². The summed E-state index contributed by atoms with van der Waals surface area (Å²) in [6.07, 6.45) is 8.58. The van der Waals surface area contributed by atoms with Gasteiger partial charge in [-0.1, -0.05) is 12.8 Å². The minimum Gasteiger partial charge on any atom is -0.481 e. The van der Waals surface area contributed by atoms with Gasteiger partial charge in [-0.25, -0.2) is 0 Å². The van der Waals surface area contributed by atoms with E-state index in [1.807, 2.05) is 19.2 Å². The van der Waals surface area contributed by atoms with Gasteiger partial charge in [0.2, 0.25) is 0 Å². The lowest BCUT2D eigenvalue weighted by molar-refractivity contribution is -0.138. The first-order valence-electron chi connectivity index (χ1n) is 7.05. The number of likely N-dealkylation sites (tertiary alicyclic amines) is 1. The number of carboxylic acids is 1. The van der Waals surface area contributed by atoms with E-state index in [9.17, 15) is 9.90 Å². The summed E-state index contributed by atoms with van der Waals surface area (Å²) in [5, 5.41) is 9.19. The topological polar surface area (TPSA) is 53.4 Å². The SMILES string of the molecule is Cc1ccncc1C(CC(=O)O)N1CCCCCC1. The summed E-state index contributed by atoms with van der Waals surface area (Å²) in [4.78, 5) is 17.7. The molecule has 0 aromatic carbocycles. The van der Waals surface area contributed by atoms with Crippen molar-refractivity contribution >= 4 is 5.97 Å². The normalized spacial score (nSPS) is 18.8. The van der Waals surface area contributed by atoms with Crippen LogP contribution in [0.1, 0.15) is 49.3 Å². The van der Waals surface area contributed by atoms with Crippen molar-refractivity contribution in [2.24, 2.45) is 0 Å².